The third-order valence-electron chi connectivity index (χ3n) is 4.01. The Morgan fingerprint density at radius 3 is 2.18 bits per heavy atom. The van der Waals surface area contributed by atoms with Crippen LogP contribution in [0.15, 0.2) is 72.8 Å². The molecule has 1 amide bonds. The van der Waals surface area contributed by atoms with Crippen molar-refractivity contribution in [2.75, 3.05) is 19.0 Å². The number of amides is 1. The molecule has 28 heavy (non-hydrogen) atoms. The van der Waals surface area contributed by atoms with E-state index in [2.05, 4.69) is 5.32 Å². The van der Waals surface area contributed by atoms with Crippen molar-refractivity contribution in [2.24, 2.45) is 0 Å². The van der Waals surface area contributed by atoms with E-state index in [0.717, 1.165) is 0 Å². The van der Waals surface area contributed by atoms with Crippen molar-refractivity contribution < 1.29 is 19.1 Å². The molecule has 6 heteroatoms. The molecule has 3 rings (SSSR count). The van der Waals surface area contributed by atoms with Crippen LogP contribution < -0.4 is 14.8 Å². The third kappa shape index (κ3) is 4.90. The number of ether oxygens (including phenoxy) is 2. The highest BCUT2D eigenvalue weighted by molar-refractivity contribution is 6.34. The maximum Gasteiger partial charge on any atom is 0.257 e. The predicted octanol–water partition coefficient (Wildman–Crippen LogP) is 4.86. The van der Waals surface area contributed by atoms with E-state index in [1.807, 2.05) is 0 Å². The fourth-order valence-electron chi connectivity index (χ4n) is 2.49. The maximum atomic E-state index is 12.3. The van der Waals surface area contributed by atoms with Gasteiger partial charge in [0.1, 0.15) is 11.5 Å². The Kier molecular flexibility index (Phi) is 6.29. The van der Waals surface area contributed by atoms with E-state index >= 15 is 0 Å². The van der Waals surface area contributed by atoms with Crippen molar-refractivity contribution in [3.8, 4) is 11.5 Å². The SMILES string of the molecule is COc1ccc(C(=O)COc2ccc(NC(=O)c3ccccc3Cl)cc2)cc1. The molecule has 3 aromatic carbocycles. The molecule has 0 unspecified atom stereocenters. The van der Waals surface area contributed by atoms with Crippen LogP contribution in [0, 0.1) is 0 Å². The van der Waals surface area contributed by atoms with E-state index in [1.165, 1.54) is 0 Å². The summed E-state index contributed by atoms with van der Waals surface area (Å²) in [5.41, 5.74) is 1.54. The van der Waals surface area contributed by atoms with E-state index in [-0.39, 0.29) is 18.3 Å². The zero-order valence-electron chi connectivity index (χ0n) is 15.1. The Bertz CT molecular complexity index is 969. The van der Waals surface area contributed by atoms with Crippen molar-refractivity contribution in [1.29, 1.82) is 0 Å². The number of hydrogen-bond acceptors (Lipinski definition) is 4. The minimum Gasteiger partial charge on any atom is -0.497 e. The van der Waals surface area contributed by atoms with E-state index in [0.29, 0.717) is 33.3 Å². The van der Waals surface area contributed by atoms with E-state index < -0.39 is 0 Å². The minimum atomic E-state index is -0.297. The highest BCUT2D eigenvalue weighted by atomic mass is 35.5. The van der Waals surface area contributed by atoms with Gasteiger partial charge in [-0.1, -0.05) is 23.7 Å². The molecule has 0 aliphatic rings. The number of nitrogens with one attached hydrogen (secondary N) is 1. The van der Waals surface area contributed by atoms with Gasteiger partial charge in [-0.3, -0.25) is 9.59 Å². The number of benzene rings is 3. The summed E-state index contributed by atoms with van der Waals surface area (Å²) < 4.78 is 10.6. The summed E-state index contributed by atoms with van der Waals surface area (Å²) in [6, 6.07) is 20.4. The fourth-order valence-corrected chi connectivity index (χ4v) is 2.71. The number of anilines is 1. The number of carbonyl (C=O) groups excluding carboxylic acids is 2. The lowest BCUT2D eigenvalue weighted by Crippen LogP contribution is -2.13. The monoisotopic (exact) mass is 395 g/mol. The molecule has 142 valence electrons. The first-order chi connectivity index (χ1) is 13.6. The molecule has 5 nitrogen and oxygen atoms in total. The van der Waals surface area contributed by atoms with Crippen LogP contribution in [0.5, 0.6) is 11.5 Å². The van der Waals surface area contributed by atoms with Gasteiger partial charge in [0.15, 0.2) is 12.4 Å². The highest BCUT2D eigenvalue weighted by Crippen LogP contribution is 2.20. The Hall–Kier alpha value is -3.31. The Morgan fingerprint density at radius 2 is 1.54 bits per heavy atom. The summed E-state index contributed by atoms with van der Waals surface area (Å²) in [5, 5.41) is 3.16. The maximum absolute atomic E-state index is 12.3. The van der Waals surface area contributed by atoms with Crippen molar-refractivity contribution in [3.63, 3.8) is 0 Å². The van der Waals surface area contributed by atoms with Gasteiger partial charge in [-0.2, -0.15) is 0 Å². The van der Waals surface area contributed by atoms with Gasteiger partial charge in [0.25, 0.3) is 5.91 Å². The summed E-state index contributed by atoms with van der Waals surface area (Å²) >= 11 is 6.03. The molecule has 3 aromatic rings. The van der Waals surface area contributed by atoms with Gasteiger partial charge in [0.2, 0.25) is 0 Å². The molecular formula is C22H18ClNO4. The van der Waals surface area contributed by atoms with Gasteiger partial charge < -0.3 is 14.8 Å². The van der Waals surface area contributed by atoms with Crippen LogP contribution >= 0.6 is 11.6 Å². The number of carbonyl (C=O) groups is 2. The normalized spacial score (nSPS) is 10.2. The summed E-state index contributed by atoms with van der Waals surface area (Å²) in [4.78, 5) is 24.4. The van der Waals surface area contributed by atoms with Crippen LogP contribution in [0.4, 0.5) is 5.69 Å². The van der Waals surface area contributed by atoms with Gasteiger partial charge in [0, 0.05) is 11.3 Å². The van der Waals surface area contributed by atoms with Gasteiger partial charge in [-0.15, -0.1) is 0 Å². The molecule has 0 aliphatic carbocycles. The molecule has 0 atom stereocenters. The molecule has 0 bridgehead atoms. The van der Waals surface area contributed by atoms with Gasteiger partial charge >= 0.3 is 0 Å². The molecule has 0 saturated carbocycles. The fraction of sp³-hybridized carbons (Fsp3) is 0.0909. The van der Waals surface area contributed by atoms with Gasteiger partial charge in [-0.25, -0.2) is 0 Å². The Balaban J connectivity index is 1.56. The molecule has 1 N–H and O–H groups in total. The minimum absolute atomic E-state index is 0.0857. The number of ketones is 1. The van der Waals surface area contributed by atoms with E-state index in [1.54, 1.807) is 79.9 Å². The van der Waals surface area contributed by atoms with Crippen LogP contribution in [0.1, 0.15) is 20.7 Å². The predicted molar refractivity (Wildman–Crippen MR) is 109 cm³/mol. The number of hydrogen-bond donors (Lipinski definition) is 1. The summed E-state index contributed by atoms with van der Waals surface area (Å²) in [6.45, 7) is -0.0857. The van der Waals surface area contributed by atoms with Crippen LogP contribution in [-0.2, 0) is 0 Å². The average Bonchev–Trinajstić information content (AvgIpc) is 2.73. The first-order valence-corrected chi connectivity index (χ1v) is 8.90. The first-order valence-electron chi connectivity index (χ1n) is 8.53. The second kappa shape index (κ2) is 9.06. The van der Waals surface area contributed by atoms with Crippen LogP contribution in [-0.4, -0.2) is 25.4 Å². The van der Waals surface area contributed by atoms with Crippen LogP contribution in [0.2, 0.25) is 5.02 Å². The lowest BCUT2D eigenvalue weighted by atomic mass is 10.1. The molecule has 0 radical (unpaired) electrons. The van der Waals surface area contributed by atoms with Crippen molar-refractivity contribution >= 4 is 29.0 Å². The second-order valence-corrected chi connectivity index (χ2v) is 6.31. The smallest absolute Gasteiger partial charge is 0.257 e. The van der Waals surface area contributed by atoms with Crippen LogP contribution in [0.25, 0.3) is 0 Å². The number of halogens is 1. The number of rotatable bonds is 7. The number of Topliss-reactive ketones (excluding diaryl/α,β-unsaturated/α-hetero) is 1. The van der Waals surface area contributed by atoms with Crippen molar-refractivity contribution in [1.82, 2.24) is 0 Å². The lowest BCUT2D eigenvalue weighted by Gasteiger charge is -2.09. The van der Waals surface area contributed by atoms with Crippen molar-refractivity contribution in [3.05, 3.63) is 88.9 Å². The molecule has 0 aromatic heterocycles. The summed E-state index contributed by atoms with van der Waals surface area (Å²) in [6.07, 6.45) is 0. The average molecular weight is 396 g/mol. The molecule has 0 saturated heterocycles. The molecule has 0 spiro atoms. The second-order valence-electron chi connectivity index (χ2n) is 5.90. The molecule has 0 heterocycles. The standard InChI is InChI=1S/C22H18ClNO4/c1-27-17-10-6-15(7-11-17)21(25)14-28-18-12-8-16(9-13-18)24-22(26)19-4-2-3-5-20(19)23/h2-13H,14H2,1H3,(H,24,26). The quantitative estimate of drug-likeness (QED) is 0.580. The third-order valence-corrected chi connectivity index (χ3v) is 4.34. The van der Waals surface area contributed by atoms with E-state index in [9.17, 15) is 9.59 Å². The summed E-state index contributed by atoms with van der Waals surface area (Å²) in [5.74, 6) is 0.775. The molecular weight excluding hydrogens is 378 g/mol. The van der Waals surface area contributed by atoms with Gasteiger partial charge in [0.05, 0.1) is 17.7 Å². The highest BCUT2D eigenvalue weighted by Gasteiger charge is 2.10. The Morgan fingerprint density at radius 1 is 0.893 bits per heavy atom. The molecule has 0 aliphatic heterocycles. The Labute approximate surface area is 167 Å². The molecule has 0 fully saturated rings. The van der Waals surface area contributed by atoms with Crippen LogP contribution in [0.3, 0.4) is 0 Å². The zero-order chi connectivity index (χ0) is 19.9. The zero-order valence-corrected chi connectivity index (χ0v) is 15.9. The number of methoxy groups -OCH3 is 1. The van der Waals surface area contributed by atoms with Gasteiger partial charge in [-0.05, 0) is 60.7 Å². The van der Waals surface area contributed by atoms with Crippen molar-refractivity contribution in [2.45, 2.75) is 0 Å². The van der Waals surface area contributed by atoms with E-state index in [4.69, 9.17) is 21.1 Å². The largest absolute Gasteiger partial charge is 0.497 e. The topological polar surface area (TPSA) is 64.6 Å². The lowest BCUT2D eigenvalue weighted by molar-refractivity contribution is 0.0921. The summed E-state index contributed by atoms with van der Waals surface area (Å²) in [7, 11) is 1.57. The first kappa shape index (κ1) is 19.5.